The molecule has 0 rings (SSSR count). The lowest BCUT2D eigenvalue weighted by Crippen LogP contribution is -2.43. The molecule has 0 aromatic rings. The number of hydrogen-bond donors (Lipinski definition) is 1. The van der Waals surface area contributed by atoms with Crippen molar-refractivity contribution in [2.75, 3.05) is 6.26 Å². The van der Waals surface area contributed by atoms with Gasteiger partial charge >= 0.3 is 0 Å². The van der Waals surface area contributed by atoms with E-state index in [0.29, 0.717) is 11.7 Å². The Morgan fingerprint density at radius 3 is 2.35 bits per heavy atom. The summed E-state index contributed by atoms with van der Waals surface area (Å²) in [5, 5.41) is 10.9. The highest BCUT2D eigenvalue weighted by atomic mass is 32.2. The molecule has 2 unspecified atom stereocenters. The monoisotopic (exact) mass is 260 g/mol. The third kappa shape index (κ3) is 9.48. The Kier molecular flexibility index (Phi) is 10.8. The van der Waals surface area contributed by atoms with Gasteiger partial charge in [-0.05, 0) is 19.1 Å². The second kappa shape index (κ2) is 10.9. The first-order valence-corrected chi connectivity index (χ1v) is 7.89. The van der Waals surface area contributed by atoms with Crippen LogP contribution in [0.5, 0.6) is 0 Å². The second-order valence-corrected chi connectivity index (χ2v) is 5.71. The van der Waals surface area contributed by atoms with E-state index in [4.69, 9.17) is 5.73 Å². The summed E-state index contributed by atoms with van der Waals surface area (Å²) >= 11 is 1.71. The third-order valence-electron chi connectivity index (χ3n) is 3.03. The van der Waals surface area contributed by atoms with Gasteiger partial charge in [-0.2, -0.15) is 11.8 Å². The summed E-state index contributed by atoms with van der Waals surface area (Å²) < 4.78 is 0. The number of carboxylic acids is 1. The van der Waals surface area contributed by atoms with Crippen LogP contribution in [-0.4, -0.2) is 23.5 Å². The molecule has 2 N–H and O–H groups in total. The zero-order valence-electron chi connectivity index (χ0n) is 11.1. The zero-order chi connectivity index (χ0) is 13.1. The third-order valence-corrected chi connectivity index (χ3v) is 4.13. The summed E-state index contributed by atoms with van der Waals surface area (Å²) in [4.78, 5) is 10.6. The van der Waals surface area contributed by atoms with Crippen molar-refractivity contribution < 1.29 is 9.90 Å². The smallest absolute Gasteiger partial charge is 0.0582 e. The van der Waals surface area contributed by atoms with E-state index in [1.807, 2.05) is 6.26 Å². The normalized spacial score (nSPS) is 14.5. The van der Waals surface area contributed by atoms with Crippen LogP contribution in [0.25, 0.3) is 0 Å². The van der Waals surface area contributed by atoms with Crippen LogP contribution in [0.4, 0.5) is 0 Å². The molecular formula is C13H26NO2S-. The topological polar surface area (TPSA) is 66.2 Å². The van der Waals surface area contributed by atoms with Crippen molar-refractivity contribution >= 4 is 17.7 Å². The number of carbonyl (C=O) groups excluding carboxylic acids is 1. The zero-order valence-corrected chi connectivity index (χ0v) is 11.9. The number of rotatable bonds is 11. The fourth-order valence-corrected chi connectivity index (χ4v) is 2.67. The van der Waals surface area contributed by atoms with Gasteiger partial charge < -0.3 is 15.6 Å². The first kappa shape index (κ1) is 16.8. The van der Waals surface area contributed by atoms with E-state index >= 15 is 0 Å². The van der Waals surface area contributed by atoms with E-state index in [1.54, 1.807) is 11.8 Å². The largest absolute Gasteiger partial charge is 0.548 e. The van der Waals surface area contributed by atoms with Crippen molar-refractivity contribution in [3.8, 4) is 0 Å². The Hall–Kier alpha value is -0.220. The molecule has 3 nitrogen and oxygen atoms in total. The molecule has 17 heavy (non-hydrogen) atoms. The first-order valence-electron chi connectivity index (χ1n) is 6.61. The highest BCUT2D eigenvalue weighted by Crippen LogP contribution is 2.20. The molecular weight excluding hydrogens is 234 g/mol. The number of nitrogens with two attached hydrogens (primary N) is 1. The Morgan fingerprint density at radius 1 is 1.24 bits per heavy atom. The van der Waals surface area contributed by atoms with Crippen molar-refractivity contribution in [1.82, 2.24) is 0 Å². The number of unbranched alkanes of at least 4 members (excludes halogenated alkanes) is 5. The second-order valence-electron chi connectivity index (χ2n) is 4.58. The molecule has 0 radical (unpaired) electrons. The molecule has 0 aliphatic heterocycles. The number of aliphatic carboxylic acids is 1. The summed E-state index contributed by atoms with van der Waals surface area (Å²) in [6.45, 7) is 2.21. The van der Waals surface area contributed by atoms with Crippen molar-refractivity contribution in [3.05, 3.63) is 0 Å². The lowest BCUT2D eigenvalue weighted by Gasteiger charge is -2.19. The van der Waals surface area contributed by atoms with Crippen molar-refractivity contribution in [1.29, 1.82) is 0 Å². The van der Waals surface area contributed by atoms with E-state index in [1.165, 1.54) is 38.5 Å². The highest BCUT2D eigenvalue weighted by molar-refractivity contribution is 7.99. The van der Waals surface area contributed by atoms with E-state index in [-0.39, 0.29) is 0 Å². The first-order chi connectivity index (χ1) is 8.11. The average Bonchev–Trinajstić information content (AvgIpc) is 2.31. The maximum atomic E-state index is 10.6. The van der Waals surface area contributed by atoms with Gasteiger partial charge in [0.05, 0.1) is 5.97 Å². The van der Waals surface area contributed by atoms with Gasteiger partial charge in [0.15, 0.2) is 0 Å². The van der Waals surface area contributed by atoms with Gasteiger partial charge in [0.1, 0.15) is 0 Å². The van der Waals surface area contributed by atoms with Gasteiger partial charge in [-0.25, -0.2) is 0 Å². The fraction of sp³-hybridized carbons (Fsp3) is 0.923. The van der Waals surface area contributed by atoms with Crippen LogP contribution in [0.3, 0.4) is 0 Å². The Bertz CT molecular complexity index is 200. The van der Waals surface area contributed by atoms with Crippen LogP contribution in [0, 0.1) is 0 Å². The molecule has 0 heterocycles. The summed E-state index contributed by atoms with van der Waals surface area (Å²) in [6, 6.07) is -0.812. The maximum absolute atomic E-state index is 10.6. The molecule has 0 bridgehead atoms. The van der Waals surface area contributed by atoms with Crippen LogP contribution in [0.15, 0.2) is 0 Å². The lowest BCUT2D eigenvalue weighted by molar-refractivity contribution is -0.307. The van der Waals surface area contributed by atoms with Crippen molar-refractivity contribution in [2.24, 2.45) is 5.73 Å². The summed E-state index contributed by atoms with van der Waals surface area (Å²) in [5.41, 5.74) is 5.49. The molecule has 0 fully saturated rings. The summed E-state index contributed by atoms with van der Waals surface area (Å²) in [6.07, 6.45) is 11.2. The molecule has 0 spiro atoms. The SMILES string of the molecule is CCCCCCCCC(CC(N)C(=O)[O-])SC. The van der Waals surface area contributed by atoms with Gasteiger partial charge in [-0.1, -0.05) is 45.4 Å². The van der Waals surface area contributed by atoms with Gasteiger partial charge in [0.2, 0.25) is 0 Å². The minimum absolute atomic E-state index is 0.356. The molecule has 0 amide bonds. The molecule has 4 heteroatoms. The van der Waals surface area contributed by atoms with Gasteiger partial charge in [-0.3, -0.25) is 0 Å². The lowest BCUT2D eigenvalue weighted by atomic mass is 10.0. The van der Waals surface area contributed by atoms with Gasteiger partial charge in [-0.15, -0.1) is 0 Å². The molecule has 0 aromatic heterocycles. The molecule has 0 aromatic carbocycles. The number of thioether (sulfide) groups is 1. The molecule has 2 atom stereocenters. The van der Waals surface area contributed by atoms with Gasteiger partial charge in [0, 0.05) is 11.3 Å². The highest BCUT2D eigenvalue weighted by Gasteiger charge is 2.12. The minimum atomic E-state index is -1.13. The predicted octanol–water partition coefficient (Wildman–Crippen LogP) is 1.94. The number of carboxylic acid groups (broad SMARTS) is 1. The fourth-order valence-electron chi connectivity index (χ4n) is 1.86. The van der Waals surface area contributed by atoms with Crippen molar-refractivity contribution in [2.45, 2.75) is 69.6 Å². The molecule has 0 saturated carbocycles. The van der Waals surface area contributed by atoms with Crippen LogP contribution >= 0.6 is 11.8 Å². The van der Waals surface area contributed by atoms with E-state index in [9.17, 15) is 9.90 Å². The average molecular weight is 260 g/mol. The van der Waals surface area contributed by atoms with Crippen LogP contribution in [0.1, 0.15) is 58.3 Å². The van der Waals surface area contributed by atoms with Crippen molar-refractivity contribution in [3.63, 3.8) is 0 Å². The standard InChI is InChI=1S/C13H27NO2S/c1-3-4-5-6-7-8-9-11(17-2)10-12(14)13(15)16/h11-12H,3-10,14H2,1-2H3,(H,15,16)/p-1. The van der Waals surface area contributed by atoms with Crippen LogP contribution < -0.4 is 10.8 Å². The Labute approximate surface area is 110 Å². The van der Waals surface area contributed by atoms with Crippen LogP contribution in [-0.2, 0) is 4.79 Å². The van der Waals surface area contributed by atoms with Gasteiger partial charge in [0.25, 0.3) is 0 Å². The maximum Gasteiger partial charge on any atom is 0.0582 e. The number of carbonyl (C=O) groups is 1. The molecule has 102 valence electrons. The van der Waals surface area contributed by atoms with Crippen LogP contribution in [0.2, 0.25) is 0 Å². The quantitative estimate of drug-likeness (QED) is 0.577. The molecule has 0 saturated heterocycles. The molecule has 0 aliphatic rings. The van der Waals surface area contributed by atoms with E-state index in [2.05, 4.69) is 6.92 Å². The molecule has 0 aliphatic carbocycles. The predicted molar refractivity (Wildman–Crippen MR) is 72.9 cm³/mol. The minimum Gasteiger partial charge on any atom is -0.548 e. The summed E-state index contributed by atoms with van der Waals surface area (Å²) in [7, 11) is 0. The Balaban J connectivity index is 3.57. The van der Waals surface area contributed by atoms with E-state index in [0.717, 1.165) is 6.42 Å². The van der Waals surface area contributed by atoms with E-state index < -0.39 is 12.0 Å². The number of hydrogen-bond acceptors (Lipinski definition) is 4. The Morgan fingerprint density at radius 2 is 1.82 bits per heavy atom. The summed E-state index contributed by atoms with van der Waals surface area (Å²) in [5.74, 6) is -1.13.